The SMILES string of the molecule is CC.CCC(=O)CCCCCCc1ncc(-c2cc3ccccc3nc2OC)[nH]1.CCN1CC2(CCC(C(N)=O)CC2)C1. The summed E-state index contributed by atoms with van der Waals surface area (Å²) in [4.78, 5) is 37.3. The van der Waals surface area contributed by atoms with Crippen LogP contribution in [0.5, 0.6) is 5.88 Å². The van der Waals surface area contributed by atoms with Crippen LogP contribution in [0.4, 0.5) is 0 Å². The number of fused-ring (bicyclic) bond motifs is 1. The first-order chi connectivity index (χ1) is 20.9. The van der Waals surface area contributed by atoms with E-state index in [4.69, 9.17) is 10.5 Å². The lowest BCUT2D eigenvalue weighted by molar-refractivity contribution is -0.125. The number of nitrogens with zero attached hydrogens (tertiary/aromatic N) is 3. The van der Waals surface area contributed by atoms with Gasteiger partial charge in [-0.15, -0.1) is 0 Å². The minimum absolute atomic E-state index is 0.0912. The second-order valence-electron chi connectivity index (χ2n) is 11.8. The molecule has 3 aromatic rings. The van der Waals surface area contributed by atoms with Crippen molar-refractivity contribution in [1.29, 1.82) is 0 Å². The molecule has 3 heterocycles. The van der Waals surface area contributed by atoms with Gasteiger partial charge in [0, 0.05) is 43.7 Å². The van der Waals surface area contributed by atoms with E-state index >= 15 is 0 Å². The third kappa shape index (κ3) is 9.62. The summed E-state index contributed by atoms with van der Waals surface area (Å²) < 4.78 is 5.48. The highest BCUT2D eigenvalue weighted by Crippen LogP contribution is 2.45. The minimum Gasteiger partial charge on any atom is -0.480 e. The number of aromatic amines is 1. The van der Waals surface area contributed by atoms with E-state index in [0.29, 0.717) is 23.5 Å². The number of Topliss-reactive ketones (excluding diaryl/α,β-unsaturated/α-hetero) is 1. The number of para-hydroxylation sites is 1. The summed E-state index contributed by atoms with van der Waals surface area (Å²) in [7, 11) is 1.64. The highest BCUT2D eigenvalue weighted by molar-refractivity contribution is 5.85. The van der Waals surface area contributed by atoms with Gasteiger partial charge in [-0.3, -0.25) is 9.59 Å². The predicted molar refractivity (Wildman–Crippen MR) is 175 cm³/mol. The van der Waals surface area contributed by atoms with Crippen molar-refractivity contribution >= 4 is 22.6 Å². The fraction of sp³-hybridized carbons (Fsp3) is 0.600. The number of carbonyl (C=O) groups is 2. The first-order valence-electron chi connectivity index (χ1n) is 16.4. The van der Waals surface area contributed by atoms with E-state index in [9.17, 15) is 9.59 Å². The van der Waals surface area contributed by atoms with Crippen LogP contribution in [-0.2, 0) is 16.0 Å². The van der Waals surface area contributed by atoms with Gasteiger partial charge in [0.2, 0.25) is 11.8 Å². The van der Waals surface area contributed by atoms with Gasteiger partial charge < -0.3 is 20.4 Å². The molecule has 3 N–H and O–H groups in total. The Morgan fingerprint density at radius 2 is 1.77 bits per heavy atom. The molecule has 0 radical (unpaired) electrons. The zero-order valence-corrected chi connectivity index (χ0v) is 27.1. The standard InChI is InChI=1S/C22H27N3O2.C11H20N2O.C2H6/c1-3-17(26)11-6-4-5-7-13-21-23-15-20(24-21)18-14-16-10-8-9-12-19(16)25-22(18)27-2;1-2-13-7-11(8-13)5-3-9(4-6-11)10(12)14;1-2/h8-10,12,14-15H,3-7,11,13H2,1-2H3,(H,23,24);9H,2-8H2,1H3,(H2,12,14);1-2H3. The van der Waals surface area contributed by atoms with Crippen molar-refractivity contribution in [3.05, 3.63) is 42.4 Å². The van der Waals surface area contributed by atoms with Crippen LogP contribution in [0.25, 0.3) is 22.2 Å². The molecule has 5 rings (SSSR count). The van der Waals surface area contributed by atoms with Crippen LogP contribution in [0.15, 0.2) is 36.5 Å². The van der Waals surface area contributed by atoms with Gasteiger partial charge in [-0.1, -0.05) is 58.7 Å². The zero-order chi connectivity index (χ0) is 31.2. The molecule has 0 atom stereocenters. The smallest absolute Gasteiger partial charge is 0.223 e. The number of aryl methyl sites for hydroxylation is 1. The van der Waals surface area contributed by atoms with Crippen molar-refractivity contribution in [1.82, 2.24) is 19.9 Å². The maximum atomic E-state index is 11.3. The molecule has 1 amide bonds. The number of imidazole rings is 1. The Morgan fingerprint density at radius 3 is 2.42 bits per heavy atom. The molecule has 0 unspecified atom stereocenters. The number of H-pyrrole nitrogens is 1. The van der Waals surface area contributed by atoms with Crippen LogP contribution >= 0.6 is 0 Å². The van der Waals surface area contributed by atoms with Crippen LogP contribution in [0.1, 0.15) is 97.7 Å². The highest BCUT2D eigenvalue weighted by atomic mass is 16.5. The van der Waals surface area contributed by atoms with Gasteiger partial charge in [0.25, 0.3) is 0 Å². The van der Waals surface area contributed by atoms with Gasteiger partial charge in [0.05, 0.1) is 30.1 Å². The predicted octanol–water partition coefficient (Wildman–Crippen LogP) is 7.12. The lowest BCUT2D eigenvalue weighted by atomic mass is 9.66. The second-order valence-corrected chi connectivity index (χ2v) is 11.8. The highest BCUT2D eigenvalue weighted by Gasteiger charge is 2.44. The molecule has 1 aromatic carbocycles. The summed E-state index contributed by atoms with van der Waals surface area (Å²) in [6.07, 6.45) is 12.9. The van der Waals surface area contributed by atoms with E-state index in [2.05, 4.69) is 32.8 Å². The third-order valence-corrected chi connectivity index (χ3v) is 8.83. The lowest BCUT2D eigenvalue weighted by Crippen LogP contribution is -2.57. The van der Waals surface area contributed by atoms with Gasteiger partial charge in [0.1, 0.15) is 11.6 Å². The fourth-order valence-electron chi connectivity index (χ4n) is 6.18. The third-order valence-electron chi connectivity index (χ3n) is 8.83. The molecule has 1 aliphatic heterocycles. The number of unbranched alkanes of at least 4 members (excludes halogenated alkanes) is 3. The van der Waals surface area contributed by atoms with Crippen LogP contribution in [0, 0.1) is 11.3 Å². The van der Waals surface area contributed by atoms with E-state index in [1.54, 1.807) is 7.11 Å². The molecule has 236 valence electrons. The summed E-state index contributed by atoms with van der Waals surface area (Å²) in [6.45, 7) is 11.8. The maximum Gasteiger partial charge on any atom is 0.223 e. The summed E-state index contributed by atoms with van der Waals surface area (Å²) in [5.41, 5.74) is 8.64. The van der Waals surface area contributed by atoms with Crippen molar-refractivity contribution in [2.45, 2.75) is 98.3 Å². The van der Waals surface area contributed by atoms with E-state index in [0.717, 1.165) is 79.4 Å². The fourth-order valence-corrected chi connectivity index (χ4v) is 6.18. The molecule has 1 aliphatic carbocycles. The van der Waals surface area contributed by atoms with E-state index in [1.165, 1.54) is 32.5 Å². The Kier molecular flexibility index (Phi) is 13.6. The molecule has 1 spiro atoms. The largest absolute Gasteiger partial charge is 0.480 e. The number of hydrogen-bond acceptors (Lipinski definition) is 6. The summed E-state index contributed by atoms with van der Waals surface area (Å²) in [6, 6.07) is 10.1. The van der Waals surface area contributed by atoms with Crippen LogP contribution in [0.3, 0.4) is 0 Å². The van der Waals surface area contributed by atoms with Crippen molar-refractivity contribution in [2.24, 2.45) is 17.1 Å². The van der Waals surface area contributed by atoms with Gasteiger partial charge >= 0.3 is 0 Å². The molecular weight excluding hydrogens is 538 g/mol. The minimum atomic E-state index is -0.0912. The first-order valence-corrected chi connectivity index (χ1v) is 16.4. The number of ether oxygens (including phenoxy) is 1. The zero-order valence-electron chi connectivity index (χ0n) is 27.1. The molecule has 1 saturated carbocycles. The molecule has 2 aliphatic rings. The Balaban J connectivity index is 0.000000265. The van der Waals surface area contributed by atoms with Crippen LogP contribution in [-0.4, -0.2) is 58.3 Å². The van der Waals surface area contributed by atoms with Gasteiger partial charge in [-0.25, -0.2) is 9.97 Å². The number of carbonyl (C=O) groups excluding carboxylic acids is 2. The number of pyridine rings is 1. The Hall–Kier alpha value is -3.26. The second kappa shape index (κ2) is 17.1. The number of methoxy groups -OCH3 is 1. The van der Waals surface area contributed by atoms with Crippen molar-refractivity contribution < 1.29 is 14.3 Å². The number of amides is 1. The van der Waals surface area contributed by atoms with E-state index in [-0.39, 0.29) is 11.8 Å². The number of nitrogens with one attached hydrogen (secondary N) is 1. The normalized spacial score (nSPS) is 16.0. The quantitative estimate of drug-likeness (QED) is 0.217. The molecular formula is C35H53N5O3. The molecule has 2 aromatic heterocycles. The van der Waals surface area contributed by atoms with E-state index < -0.39 is 0 Å². The Labute approximate surface area is 258 Å². The number of nitrogens with two attached hydrogens (primary N) is 1. The monoisotopic (exact) mass is 591 g/mol. The van der Waals surface area contributed by atoms with Gasteiger partial charge in [-0.05, 0) is 62.6 Å². The topological polar surface area (TPSA) is 114 Å². The summed E-state index contributed by atoms with van der Waals surface area (Å²) in [5.74, 6) is 2.01. The molecule has 2 fully saturated rings. The maximum absolute atomic E-state index is 11.3. The molecule has 8 nitrogen and oxygen atoms in total. The van der Waals surface area contributed by atoms with Crippen LogP contribution < -0.4 is 10.5 Å². The number of ketones is 1. The average molecular weight is 592 g/mol. The molecule has 8 heteroatoms. The number of primary amides is 1. The lowest BCUT2D eigenvalue weighted by Gasteiger charge is -2.53. The number of benzene rings is 1. The number of rotatable bonds is 12. The van der Waals surface area contributed by atoms with Crippen molar-refractivity contribution in [2.75, 3.05) is 26.7 Å². The first kappa shape index (κ1) is 34.2. The van der Waals surface area contributed by atoms with E-state index in [1.807, 2.05) is 51.2 Å². The number of aromatic nitrogens is 3. The molecule has 0 bridgehead atoms. The summed E-state index contributed by atoms with van der Waals surface area (Å²) >= 11 is 0. The Morgan fingerprint density at radius 1 is 1.07 bits per heavy atom. The van der Waals surface area contributed by atoms with Gasteiger partial charge in [-0.2, -0.15) is 0 Å². The van der Waals surface area contributed by atoms with Crippen molar-refractivity contribution in [3.63, 3.8) is 0 Å². The summed E-state index contributed by atoms with van der Waals surface area (Å²) in [5, 5.41) is 1.08. The Bertz CT molecular complexity index is 1290. The molecule has 1 saturated heterocycles. The van der Waals surface area contributed by atoms with Crippen LogP contribution in [0.2, 0.25) is 0 Å². The van der Waals surface area contributed by atoms with Crippen molar-refractivity contribution in [3.8, 4) is 17.1 Å². The number of likely N-dealkylation sites (tertiary alicyclic amines) is 1. The van der Waals surface area contributed by atoms with Gasteiger partial charge in [0.15, 0.2) is 0 Å². The number of hydrogen-bond donors (Lipinski definition) is 2. The molecule has 43 heavy (non-hydrogen) atoms. The average Bonchev–Trinajstić information content (AvgIpc) is 3.50.